The number of ether oxygens (including phenoxy) is 1. The van der Waals surface area contributed by atoms with Crippen LogP contribution in [0.1, 0.15) is 36.3 Å². The van der Waals surface area contributed by atoms with E-state index in [0.717, 1.165) is 22.0 Å². The zero-order chi connectivity index (χ0) is 19.0. The van der Waals surface area contributed by atoms with Crippen LogP contribution in [0.5, 0.6) is 0 Å². The predicted molar refractivity (Wildman–Crippen MR) is 99.0 cm³/mol. The zero-order valence-corrected chi connectivity index (χ0v) is 15.2. The molecule has 7 nitrogen and oxygen atoms in total. The molecule has 0 bridgehead atoms. The number of hydrogen-bond acceptors (Lipinski definition) is 6. The monoisotopic (exact) mass is 369 g/mol. The van der Waals surface area contributed by atoms with Gasteiger partial charge in [0, 0.05) is 31.7 Å². The molecular formula is C20H23N3O4. The Hall–Kier alpha value is -2.35. The van der Waals surface area contributed by atoms with Crippen molar-refractivity contribution in [2.75, 3.05) is 20.2 Å². The molecule has 27 heavy (non-hydrogen) atoms. The standard InChI is InChI=1S/C20H23N3O4/c1-27-17-11-21-7-6-20(17,26)14-2-4-16-12(9-14)8-13(10-22-16)15-3-5-18(24)23-19(15)25/h2,4,8-10,15,17,21,26H,3,5-7,11H2,1H3,(H,23,24,25). The number of aliphatic hydroxyl groups is 1. The summed E-state index contributed by atoms with van der Waals surface area (Å²) in [6, 6.07) is 7.62. The number of hydrogen-bond donors (Lipinski definition) is 3. The van der Waals surface area contributed by atoms with Gasteiger partial charge in [0.25, 0.3) is 0 Å². The lowest BCUT2D eigenvalue weighted by atomic mass is 9.82. The van der Waals surface area contributed by atoms with Gasteiger partial charge in [0.15, 0.2) is 0 Å². The molecule has 2 aromatic rings. The van der Waals surface area contributed by atoms with Crippen molar-refractivity contribution in [2.45, 2.75) is 36.9 Å². The van der Waals surface area contributed by atoms with E-state index in [2.05, 4.69) is 15.6 Å². The van der Waals surface area contributed by atoms with E-state index in [4.69, 9.17) is 4.74 Å². The zero-order valence-electron chi connectivity index (χ0n) is 15.2. The number of imide groups is 1. The summed E-state index contributed by atoms with van der Waals surface area (Å²) in [4.78, 5) is 28.0. The number of rotatable bonds is 3. The second kappa shape index (κ2) is 6.99. The van der Waals surface area contributed by atoms with Crippen molar-refractivity contribution in [1.82, 2.24) is 15.6 Å². The quantitative estimate of drug-likeness (QED) is 0.697. The van der Waals surface area contributed by atoms with Crippen molar-refractivity contribution < 1.29 is 19.4 Å². The van der Waals surface area contributed by atoms with Crippen LogP contribution in [0.2, 0.25) is 0 Å². The number of nitrogens with one attached hydrogen (secondary N) is 2. The summed E-state index contributed by atoms with van der Waals surface area (Å²) in [6.07, 6.45) is 2.72. The molecule has 7 heteroatoms. The molecule has 1 aromatic heterocycles. The molecule has 2 amide bonds. The van der Waals surface area contributed by atoms with Crippen LogP contribution in [0.15, 0.2) is 30.5 Å². The van der Waals surface area contributed by atoms with Gasteiger partial charge in [-0.05, 0) is 48.7 Å². The fraction of sp³-hybridized carbons (Fsp3) is 0.450. The Morgan fingerprint density at radius 3 is 2.93 bits per heavy atom. The van der Waals surface area contributed by atoms with Crippen LogP contribution in [0.25, 0.3) is 10.9 Å². The van der Waals surface area contributed by atoms with E-state index in [1.165, 1.54) is 0 Å². The van der Waals surface area contributed by atoms with Crippen LogP contribution >= 0.6 is 0 Å². The Labute approximate surface area is 157 Å². The van der Waals surface area contributed by atoms with Gasteiger partial charge in [-0.3, -0.25) is 19.9 Å². The van der Waals surface area contributed by atoms with Gasteiger partial charge in [0.1, 0.15) is 11.7 Å². The maximum absolute atomic E-state index is 12.2. The third-order valence-corrected chi connectivity index (χ3v) is 5.67. The smallest absolute Gasteiger partial charge is 0.234 e. The number of nitrogens with zero attached hydrogens (tertiary/aromatic N) is 1. The molecule has 3 unspecified atom stereocenters. The van der Waals surface area contributed by atoms with E-state index in [1.807, 2.05) is 24.3 Å². The third-order valence-electron chi connectivity index (χ3n) is 5.67. The van der Waals surface area contributed by atoms with Crippen LogP contribution in [0, 0.1) is 0 Å². The highest BCUT2D eigenvalue weighted by Crippen LogP contribution is 2.34. The molecule has 0 aliphatic carbocycles. The van der Waals surface area contributed by atoms with Crippen LogP contribution in [0.3, 0.4) is 0 Å². The summed E-state index contributed by atoms with van der Waals surface area (Å²) in [5.41, 5.74) is 1.29. The van der Waals surface area contributed by atoms with Crippen molar-refractivity contribution in [2.24, 2.45) is 0 Å². The lowest BCUT2D eigenvalue weighted by Crippen LogP contribution is -2.52. The molecule has 0 spiro atoms. The summed E-state index contributed by atoms with van der Waals surface area (Å²) >= 11 is 0. The lowest BCUT2D eigenvalue weighted by Gasteiger charge is -2.39. The van der Waals surface area contributed by atoms with Gasteiger partial charge in [-0.15, -0.1) is 0 Å². The minimum Gasteiger partial charge on any atom is -0.382 e. The fourth-order valence-electron chi connectivity index (χ4n) is 4.07. The number of carbonyl (C=O) groups is 2. The minimum absolute atomic E-state index is 0.231. The summed E-state index contributed by atoms with van der Waals surface area (Å²) in [7, 11) is 1.60. The normalized spacial score (nSPS) is 29.0. The van der Waals surface area contributed by atoms with Crippen LogP contribution in [-0.2, 0) is 19.9 Å². The first-order valence-corrected chi connectivity index (χ1v) is 9.21. The number of piperidine rings is 2. The maximum atomic E-state index is 12.2. The number of aromatic nitrogens is 1. The number of amides is 2. The number of pyridine rings is 1. The summed E-state index contributed by atoms with van der Waals surface area (Å²) in [6.45, 7) is 1.29. The molecule has 3 heterocycles. The summed E-state index contributed by atoms with van der Waals surface area (Å²) in [5.74, 6) is -0.886. The molecule has 142 valence electrons. The fourth-order valence-corrected chi connectivity index (χ4v) is 4.07. The van der Waals surface area contributed by atoms with Crippen molar-refractivity contribution in [3.8, 4) is 0 Å². The Bertz CT molecular complexity index is 900. The Balaban J connectivity index is 1.71. The molecular weight excluding hydrogens is 346 g/mol. The van der Waals surface area contributed by atoms with Gasteiger partial charge in [0.2, 0.25) is 11.8 Å². The second-order valence-electron chi connectivity index (χ2n) is 7.28. The molecule has 2 fully saturated rings. The largest absolute Gasteiger partial charge is 0.382 e. The molecule has 0 saturated carbocycles. The Morgan fingerprint density at radius 2 is 2.15 bits per heavy atom. The molecule has 3 N–H and O–H groups in total. The highest BCUT2D eigenvalue weighted by Gasteiger charge is 2.41. The van der Waals surface area contributed by atoms with Crippen molar-refractivity contribution >= 4 is 22.7 Å². The van der Waals surface area contributed by atoms with Gasteiger partial charge >= 0.3 is 0 Å². The van der Waals surface area contributed by atoms with E-state index in [9.17, 15) is 14.7 Å². The molecule has 3 atom stereocenters. The maximum Gasteiger partial charge on any atom is 0.234 e. The number of methoxy groups -OCH3 is 1. The molecule has 2 aliphatic heterocycles. The van der Waals surface area contributed by atoms with Gasteiger partial charge in [-0.2, -0.15) is 0 Å². The SMILES string of the molecule is COC1CNCCC1(O)c1ccc2ncc(C3CCC(=O)NC3=O)cc2c1. The summed E-state index contributed by atoms with van der Waals surface area (Å²) in [5, 5.41) is 17.8. The van der Waals surface area contributed by atoms with Gasteiger partial charge in [0.05, 0.1) is 11.4 Å². The molecule has 0 radical (unpaired) electrons. The van der Waals surface area contributed by atoms with Gasteiger partial charge < -0.3 is 15.2 Å². The van der Waals surface area contributed by atoms with Gasteiger partial charge in [-0.1, -0.05) is 6.07 Å². The molecule has 4 rings (SSSR count). The van der Waals surface area contributed by atoms with Crippen molar-refractivity contribution in [3.05, 3.63) is 41.6 Å². The Kier molecular flexibility index (Phi) is 4.67. The minimum atomic E-state index is -1.07. The highest BCUT2D eigenvalue weighted by atomic mass is 16.5. The molecule has 1 aromatic carbocycles. The lowest BCUT2D eigenvalue weighted by molar-refractivity contribution is -0.134. The summed E-state index contributed by atoms with van der Waals surface area (Å²) < 4.78 is 5.50. The molecule has 2 saturated heterocycles. The average Bonchev–Trinajstić information content (AvgIpc) is 2.67. The van der Waals surface area contributed by atoms with Crippen molar-refractivity contribution in [3.63, 3.8) is 0 Å². The van der Waals surface area contributed by atoms with Crippen LogP contribution in [0.4, 0.5) is 0 Å². The van der Waals surface area contributed by atoms with Crippen molar-refractivity contribution in [1.29, 1.82) is 0 Å². The topological polar surface area (TPSA) is 101 Å². The highest BCUT2D eigenvalue weighted by molar-refractivity contribution is 6.01. The second-order valence-corrected chi connectivity index (χ2v) is 7.28. The average molecular weight is 369 g/mol. The van der Waals surface area contributed by atoms with E-state index >= 15 is 0 Å². The first kappa shape index (κ1) is 18.0. The first-order chi connectivity index (χ1) is 13.0. The van der Waals surface area contributed by atoms with Crippen LogP contribution < -0.4 is 10.6 Å². The van der Waals surface area contributed by atoms with Crippen LogP contribution in [-0.4, -0.2) is 48.2 Å². The van der Waals surface area contributed by atoms with E-state index in [-0.39, 0.29) is 23.8 Å². The van der Waals surface area contributed by atoms with Gasteiger partial charge in [-0.25, -0.2) is 0 Å². The first-order valence-electron chi connectivity index (χ1n) is 9.21. The third kappa shape index (κ3) is 3.22. The molecule has 2 aliphatic rings. The van der Waals surface area contributed by atoms with E-state index in [1.54, 1.807) is 13.3 Å². The number of benzene rings is 1. The van der Waals surface area contributed by atoms with E-state index in [0.29, 0.717) is 32.4 Å². The number of carbonyl (C=O) groups excluding carboxylic acids is 2. The Morgan fingerprint density at radius 1 is 1.30 bits per heavy atom. The van der Waals surface area contributed by atoms with E-state index < -0.39 is 5.60 Å². The predicted octanol–water partition coefficient (Wildman–Crippen LogP) is 0.951. The number of fused-ring (bicyclic) bond motifs is 1.